The maximum Gasteiger partial charge on any atom is 0.254 e. The minimum Gasteiger partial charge on any atom is -0.391 e. The smallest absolute Gasteiger partial charge is 0.254 e. The predicted molar refractivity (Wildman–Crippen MR) is 114 cm³/mol. The fourth-order valence-electron chi connectivity index (χ4n) is 4.79. The standard InChI is InChI=1S/C24H26N4O2/c1-15-10-19-13-28(22-4-3-5-23(22)29)24(30)20(19)12-18(15)11-16-6-8-17(9-7-16)21-14-27(2)26-25-21/h6-10,12,14,22-23,29H,3-5,11,13H2,1-2H3/t22-,23-/m1/s1. The molecule has 0 unspecified atom stereocenters. The number of carbonyl (C=O) groups is 1. The van der Waals surface area contributed by atoms with Gasteiger partial charge in [0, 0.05) is 24.7 Å². The number of fused-ring (bicyclic) bond motifs is 1. The van der Waals surface area contributed by atoms with Gasteiger partial charge in [-0.1, -0.05) is 35.5 Å². The third kappa shape index (κ3) is 3.31. The lowest BCUT2D eigenvalue weighted by Crippen LogP contribution is -2.40. The average molecular weight is 402 g/mol. The SMILES string of the molecule is Cc1cc2c(cc1Cc1ccc(-c3cn(C)nn3)cc1)C(=O)N([C@@H]1CCC[C@H]1O)C2. The summed E-state index contributed by atoms with van der Waals surface area (Å²) >= 11 is 0. The van der Waals surface area contributed by atoms with Crippen LogP contribution in [0, 0.1) is 6.92 Å². The molecule has 1 aromatic heterocycles. The first kappa shape index (κ1) is 19.0. The highest BCUT2D eigenvalue weighted by Crippen LogP contribution is 2.33. The topological polar surface area (TPSA) is 71.2 Å². The van der Waals surface area contributed by atoms with E-state index in [9.17, 15) is 9.90 Å². The maximum atomic E-state index is 13.0. The second-order valence-corrected chi connectivity index (χ2v) is 8.59. The third-order valence-electron chi connectivity index (χ3n) is 6.48. The molecule has 154 valence electrons. The predicted octanol–water partition coefficient (Wildman–Crippen LogP) is 3.25. The molecule has 2 aromatic carbocycles. The van der Waals surface area contributed by atoms with E-state index in [-0.39, 0.29) is 11.9 Å². The molecular weight excluding hydrogens is 376 g/mol. The molecule has 2 atom stereocenters. The summed E-state index contributed by atoms with van der Waals surface area (Å²) in [7, 11) is 1.86. The number of aromatic nitrogens is 3. The zero-order valence-corrected chi connectivity index (χ0v) is 17.4. The van der Waals surface area contributed by atoms with Crippen LogP contribution in [0.1, 0.15) is 51.9 Å². The Balaban J connectivity index is 1.37. The Bertz CT molecular complexity index is 1100. The van der Waals surface area contributed by atoms with E-state index in [0.717, 1.165) is 48.1 Å². The molecule has 0 saturated heterocycles. The van der Waals surface area contributed by atoms with Crippen LogP contribution in [0.5, 0.6) is 0 Å². The lowest BCUT2D eigenvalue weighted by molar-refractivity contribution is 0.0479. The number of nitrogens with zero attached hydrogens (tertiary/aromatic N) is 4. The monoisotopic (exact) mass is 402 g/mol. The van der Waals surface area contributed by atoms with Gasteiger partial charge in [-0.15, -0.1) is 5.10 Å². The lowest BCUT2D eigenvalue weighted by atomic mass is 9.95. The van der Waals surface area contributed by atoms with E-state index in [4.69, 9.17) is 0 Å². The second kappa shape index (κ2) is 7.36. The van der Waals surface area contributed by atoms with Gasteiger partial charge in [-0.05, 0) is 60.9 Å². The molecule has 1 saturated carbocycles. The quantitative estimate of drug-likeness (QED) is 0.727. The fourth-order valence-corrected chi connectivity index (χ4v) is 4.79. The van der Waals surface area contributed by atoms with Crippen LogP contribution in [-0.4, -0.2) is 43.1 Å². The van der Waals surface area contributed by atoms with Gasteiger partial charge >= 0.3 is 0 Å². The van der Waals surface area contributed by atoms with Gasteiger partial charge in [0.25, 0.3) is 5.91 Å². The van der Waals surface area contributed by atoms with Gasteiger partial charge in [0.1, 0.15) is 5.69 Å². The van der Waals surface area contributed by atoms with Crippen LogP contribution in [0.25, 0.3) is 11.3 Å². The van der Waals surface area contributed by atoms with Crippen molar-refractivity contribution in [2.75, 3.05) is 0 Å². The summed E-state index contributed by atoms with van der Waals surface area (Å²) in [6.45, 7) is 2.73. The molecule has 6 nitrogen and oxygen atoms in total. The van der Waals surface area contributed by atoms with E-state index in [1.54, 1.807) is 4.68 Å². The minimum atomic E-state index is -0.392. The van der Waals surface area contributed by atoms with E-state index in [2.05, 4.69) is 53.6 Å². The van der Waals surface area contributed by atoms with Gasteiger partial charge in [0.05, 0.1) is 18.3 Å². The van der Waals surface area contributed by atoms with Crippen LogP contribution in [0.15, 0.2) is 42.6 Å². The normalized spacial score (nSPS) is 20.8. The molecule has 5 rings (SSSR count). The molecule has 2 heterocycles. The van der Waals surface area contributed by atoms with E-state index < -0.39 is 6.10 Å². The summed E-state index contributed by atoms with van der Waals surface area (Å²) in [6, 6.07) is 12.5. The molecular formula is C24H26N4O2. The van der Waals surface area contributed by atoms with Crippen molar-refractivity contribution in [3.8, 4) is 11.3 Å². The number of hydrogen-bond acceptors (Lipinski definition) is 4. The highest BCUT2D eigenvalue weighted by Gasteiger charge is 2.38. The molecule has 6 heteroatoms. The van der Waals surface area contributed by atoms with Crippen LogP contribution in [0.3, 0.4) is 0 Å². The number of hydrogen-bond donors (Lipinski definition) is 1. The summed E-state index contributed by atoms with van der Waals surface area (Å²) in [5, 5.41) is 18.4. The van der Waals surface area contributed by atoms with Crippen LogP contribution >= 0.6 is 0 Å². The molecule has 0 radical (unpaired) electrons. The second-order valence-electron chi connectivity index (χ2n) is 8.59. The fraction of sp³-hybridized carbons (Fsp3) is 0.375. The first-order valence-corrected chi connectivity index (χ1v) is 10.6. The Hall–Kier alpha value is -2.99. The van der Waals surface area contributed by atoms with E-state index in [1.807, 2.05) is 18.1 Å². The van der Waals surface area contributed by atoms with Gasteiger partial charge in [-0.3, -0.25) is 9.48 Å². The molecule has 0 spiro atoms. The van der Waals surface area contributed by atoms with Crippen molar-refractivity contribution in [2.45, 2.75) is 51.3 Å². The maximum absolute atomic E-state index is 13.0. The Morgan fingerprint density at radius 3 is 2.63 bits per heavy atom. The van der Waals surface area contributed by atoms with Crippen molar-refractivity contribution in [3.05, 3.63) is 70.4 Å². The number of aryl methyl sites for hydroxylation is 2. The van der Waals surface area contributed by atoms with Crippen molar-refractivity contribution in [3.63, 3.8) is 0 Å². The summed E-state index contributed by atoms with van der Waals surface area (Å²) < 4.78 is 1.70. The van der Waals surface area contributed by atoms with Crippen molar-refractivity contribution >= 4 is 5.91 Å². The highest BCUT2D eigenvalue weighted by molar-refractivity contribution is 5.99. The van der Waals surface area contributed by atoms with Crippen molar-refractivity contribution < 1.29 is 9.90 Å². The number of aliphatic hydroxyl groups excluding tert-OH is 1. The molecule has 1 aliphatic heterocycles. The summed E-state index contributed by atoms with van der Waals surface area (Å²) in [5.74, 6) is 0.0650. The molecule has 2 aliphatic rings. The van der Waals surface area contributed by atoms with Crippen LogP contribution < -0.4 is 0 Å². The molecule has 3 aromatic rings. The van der Waals surface area contributed by atoms with Gasteiger partial charge in [-0.25, -0.2) is 0 Å². The lowest BCUT2D eigenvalue weighted by Gasteiger charge is -2.26. The van der Waals surface area contributed by atoms with E-state index in [0.29, 0.717) is 6.54 Å². The van der Waals surface area contributed by atoms with Crippen molar-refractivity contribution in [1.82, 2.24) is 19.9 Å². The summed E-state index contributed by atoms with van der Waals surface area (Å²) in [6.07, 6.45) is 4.96. The van der Waals surface area contributed by atoms with Gasteiger partial charge in [0.2, 0.25) is 0 Å². The molecule has 0 bridgehead atoms. The number of amides is 1. The average Bonchev–Trinajstić information content (AvgIpc) is 3.43. The van der Waals surface area contributed by atoms with Gasteiger partial charge < -0.3 is 10.0 Å². The van der Waals surface area contributed by atoms with Gasteiger partial charge in [-0.2, -0.15) is 0 Å². The Kier molecular flexibility index (Phi) is 4.66. The first-order valence-electron chi connectivity index (χ1n) is 10.6. The van der Waals surface area contributed by atoms with E-state index >= 15 is 0 Å². The zero-order chi connectivity index (χ0) is 20.8. The number of aliphatic hydroxyl groups is 1. The van der Waals surface area contributed by atoms with Crippen LogP contribution in [-0.2, 0) is 20.0 Å². The number of benzene rings is 2. The molecule has 1 fully saturated rings. The first-order chi connectivity index (χ1) is 14.5. The minimum absolute atomic E-state index is 0.0395. The molecule has 1 N–H and O–H groups in total. The van der Waals surface area contributed by atoms with E-state index in [1.165, 1.54) is 16.7 Å². The number of carbonyl (C=O) groups excluding carboxylic acids is 1. The zero-order valence-electron chi connectivity index (χ0n) is 17.4. The van der Waals surface area contributed by atoms with Crippen molar-refractivity contribution in [1.29, 1.82) is 0 Å². The summed E-state index contributed by atoms with van der Waals surface area (Å²) in [5.41, 5.74) is 7.34. The highest BCUT2D eigenvalue weighted by atomic mass is 16.3. The molecule has 1 aliphatic carbocycles. The van der Waals surface area contributed by atoms with Gasteiger partial charge in [0.15, 0.2) is 0 Å². The Labute approximate surface area is 176 Å². The van der Waals surface area contributed by atoms with Crippen LogP contribution in [0.2, 0.25) is 0 Å². The van der Waals surface area contributed by atoms with Crippen molar-refractivity contribution in [2.24, 2.45) is 7.05 Å². The van der Waals surface area contributed by atoms with Crippen LogP contribution in [0.4, 0.5) is 0 Å². The largest absolute Gasteiger partial charge is 0.391 e. The Morgan fingerprint density at radius 2 is 1.97 bits per heavy atom. The number of rotatable bonds is 4. The third-order valence-corrected chi connectivity index (χ3v) is 6.48. The summed E-state index contributed by atoms with van der Waals surface area (Å²) in [4.78, 5) is 14.9. The Morgan fingerprint density at radius 1 is 1.17 bits per heavy atom. The molecule has 30 heavy (non-hydrogen) atoms. The molecule has 1 amide bonds.